The van der Waals surface area contributed by atoms with E-state index in [9.17, 15) is 0 Å². The Morgan fingerprint density at radius 2 is 0.870 bits per heavy atom. The first-order chi connectivity index (χ1) is 11.0. The van der Waals surface area contributed by atoms with Gasteiger partial charge in [-0.25, -0.2) is 0 Å². The van der Waals surface area contributed by atoms with E-state index in [4.69, 9.17) is 0 Å². The van der Waals surface area contributed by atoms with E-state index >= 15 is 0 Å². The highest BCUT2D eigenvalue weighted by molar-refractivity contribution is 4.70. The van der Waals surface area contributed by atoms with Crippen molar-refractivity contribution in [3.05, 3.63) is 0 Å². The van der Waals surface area contributed by atoms with Crippen LogP contribution in [0.4, 0.5) is 0 Å². The van der Waals surface area contributed by atoms with Gasteiger partial charge in [-0.3, -0.25) is 0 Å². The van der Waals surface area contributed by atoms with Crippen LogP contribution in [-0.2, 0) is 0 Å². The van der Waals surface area contributed by atoms with Gasteiger partial charge in [0.25, 0.3) is 0 Å². The van der Waals surface area contributed by atoms with Gasteiger partial charge in [-0.1, -0.05) is 131 Å². The molecule has 0 amide bonds. The molecular weight excluding hydrogens is 276 g/mol. The highest BCUT2D eigenvalue weighted by atomic mass is 14.2. The van der Waals surface area contributed by atoms with E-state index in [1.807, 2.05) is 0 Å². The van der Waals surface area contributed by atoms with Crippen LogP contribution in [0.25, 0.3) is 0 Å². The highest BCUT2D eigenvalue weighted by Gasteiger charge is 2.18. The van der Waals surface area contributed by atoms with Crippen molar-refractivity contribution in [1.29, 1.82) is 0 Å². The van der Waals surface area contributed by atoms with Gasteiger partial charge in [-0.15, -0.1) is 0 Å². The van der Waals surface area contributed by atoms with Gasteiger partial charge in [0.15, 0.2) is 0 Å². The van der Waals surface area contributed by atoms with Crippen LogP contribution in [0.5, 0.6) is 0 Å². The van der Waals surface area contributed by atoms with Crippen molar-refractivity contribution >= 4 is 0 Å². The van der Waals surface area contributed by atoms with Crippen LogP contribution in [0.1, 0.15) is 137 Å². The molecule has 0 radical (unpaired) electrons. The Balaban J connectivity index is 3.78. The molecule has 23 heavy (non-hydrogen) atoms. The van der Waals surface area contributed by atoms with Crippen molar-refractivity contribution in [2.75, 3.05) is 0 Å². The van der Waals surface area contributed by atoms with Crippen molar-refractivity contribution in [2.45, 2.75) is 137 Å². The quantitative estimate of drug-likeness (QED) is 0.248. The molecule has 0 aromatic carbocycles. The Labute approximate surface area is 149 Å². The van der Waals surface area contributed by atoms with E-state index in [0.717, 1.165) is 5.92 Å². The predicted octanol–water partition coefficient (Wildman–Crippen LogP) is 8.93. The fraction of sp³-hybridized carbons (Fsp3) is 1.00. The molecule has 0 rings (SSSR count). The zero-order chi connectivity index (χ0) is 17.4. The van der Waals surface area contributed by atoms with Crippen LogP contribution in [0.15, 0.2) is 0 Å². The predicted molar refractivity (Wildman–Crippen MR) is 108 cm³/mol. The molecule has 0 heterocycles. The van der Waals surface area contributed by atoms with E-state index in [1.54, 1.807) is 0 Å². The van der Waals surface area contributed by atoms with Crippen molar-refractivity contribution in [3.8, 4) is 0 Å². The van der Waals surface area contributed by atoms with Crippen LogP contribution >= 0.6 is 0 Å². The Hall–Kier alpha value is 0. The fourth-order valence-corrected chi connectivity index (χ4v) is 3.82. The van der Waals surface area contributed by atoms with Crippen molar-refractivity contribution in [2.24, 2.45) is 11.3 Å². The average Bonchev–Trinajstić information content (AvgIpc) is 2.48. The van der Waals surface area contributed by atoms with Crippen molar-refractivity contribution in [3.63, 3.8) is 0 Å². The Morgan fingerprint density at radius 3 is 1.22 bits per heavy atom. The Morgan fingerprint density at radius 1 is 0.522 bits per heavy atom. The van der Waals surface area contributed by atoms with Gasteiger partial charge in [0.1, 0.15) is 0 Å². The summed E-state index contributed by atoms with van der Waals surface area (Å²) in [6, 6.07) is 0. The molecule has 0 aromatic heterocycles. The lowest BCUT2D eigenvalue weighted by Gasteiger charge is -2.26. The largest absolute Gasteiger partial charge is 0.0654 e. The summed E-state index contributed by atoms with van der Waals surface area (Å²) in [6.07, 6.45) is 23.2. The lowest BCUT2D eigenvalue weighted by molar-refractivity contribution is 0.259. The molecule has 0 heteroatoms. The molecule has 0 saturated heterocycles. The fourth-order valence-electron chi connectivity index (χ4n) is 3.82. The molecule has 140 valence electrons. The van der Waals surface area contributed by atoms with E-state index in [-0.39, 0.29) is 0 Å². The molecule has 1 atom stereocenters. The Kier molecular flexibility index (Phi) is 15.5. The van der Waals surface area contributed by atoms with Gasteiger partial charge in [-0.2, -0.15) is 0 Å². The monoisotopic (exact) mass is 324 g/mol. The SMILES string of the molecule is CCCCCCCCCC(CCCCCCCC)CC(C)(C)C. The van der Waals surface area contributed by atoms with E-state index in [0.29, 0.717) is 5.41 Å². The first-order valence-corrected chi connectivity index (χ1v) is 11.0. The van der Waals surface area contributed by atoms with E-state index in [2.05, 4.69) is 34.6 Å². The lowest BCUT2D eigenvalue weighted by Crippen LogP contribution is -2.13. The van der Waals surface area contributed by atoms with E-state index < -0.39 is 0 Å². The van der Waals surface area contributed by atoms with Crippen LogP contribution < -0.4 is 0 Å². The summed E-state index contributed by atoms with van der Waals surface area (Å²) in [4.78, 5) is 0. The third-order valence-electron chi connectivity index (χ3n) is 5.08. The topological polar surface area (TPSA) is 0 Å². The summed E-state index contributed by atoms with van der Waals surface area (Å²) >= 11 is 0. The lowest BCUT2D eigenvalue weighted by atomic mass is 9.80. The molecule has 0 bridgehead atoms. The molecule has 0 fully saturated rings. The minimum atomic E-state index is 0.508. The zero-order valence-electron chi connectivity index (χ0n) is 17.4. The summed E-state index contributed by atoms with van der Waals surface area (Å²) in [5.74, 6) is 0.983. The first kappa shape index (κ1) is 23.0. The van der Waals surface area contributed by atoms with Crippen LogP contribution in [-0.4, -0.2) is 0 Å². The molecule has 0 aromatic rings. The zero-order valence-corrected chi connectivity index (χ0v) is 17.4. The van der Waals surface area contributed by atoms with Crippen LogP contribution in [0.3, 0.4) is 0 Å². The second kappa shape index (κ2) is 15.5. The maximum Gasteiger partial charge on any atom is -0.0380 e. The van der Waals surface area contributed by atoms with Crippen molar-refractivity contribution in [1.82, 2.24) is 0 Å². The number of hydrogen-bond donors (Lipinski definition) is 0. The molecule has 0 aliphatic rings. The van der Waals surface area contributed by atoms with Crippen LogP contribution in [0.2, 0.25) is 0 Å². The molecule has 0 saturated carbocycles. The standard InChI is InChI=1S/C23H48/c1-6-8-10-12-14-16-18-20-22(21-23(3,4)5)19-17-15-13-11-9-7-2/h22H,6-21H2,1-5H3. The van der Waals surface area contributed by atoms with Gasteiger partial charge in [-0.05, 0) is 17.8 Å². The summed E-state index contributed by atoms with van der Waals surface area (Å²) in [6.45, 7) is 11.9. The van der Waals surface area contributed by atoms with Gasteiger partial charge in [0.05, 0.1) is 0 Å². The molecule has 0 spiro atoms. The number of hydrogen-bond acceptors (Lipinski definition) is 0. The maximum atomic E-state index is 2.42. The Bertz CT molecular complexity index is 223. The smallest absolute Gasteiger partial charge is 0.0380 e. The third-order valence-corrected chi connectivity index (χ3v) is 5.08. The first-order valence-electron chi connectivity index (χ1n) is 11.0. The van der Waals surface area contributed by atoms with Gasteiger partial charge < -0.3 is 0 Å². The minimum absolute atomic E-state index is 0.508. The van der Waals surface area contributed by atoms with Crippen molar-refractivity contribution < 1.29 is 0 Å². The molecule has 0 N–H and O–H groups in total. The van der Waals surface area contributed by atoms with Gasteiger partial charge in [0, 0.05) is 0 Å². The van der Waals surface area contributed by atoms with Gasteiger partial charge in [0.2, 0.25) is 0 Å². The summed E-state index contributed by atoms with van der Waals surface area (Å²) < 4.78 is 0. The van der Waals surface area contributed by atoms with Crippen LogP contribution in [0, 0.1) is 11.3 Å². The molecule has 0 aliphatic carbocycles. The van der Waals surface area contributed by atoms with E-state index in [1.165, 1.54) is 103 Å². The highest BCUT2D eigenvalue weighted by Crippen LogP contribution is 2.31. The molecule has 0 nitrogen and oxygen atoms in total. The second-order valence-corrected chi connectivity index (χ2v) is 9.10. The maximum absolute atomic E-state index is 2.42. The average molecular weight is 325 g/mol. The molecule has 1 unspecified atom stereocenters. The second-order valence-electron chi connectivity index (χ2n) is 9.10. The summed E-state index contributed by atoms with van der Waals surface area (Å²) in [5, 5.41) is 0. The third kappa shape index (κ3) is 18.2. The normalized spacial score (nSPS) is 13.4. The summed E-state index contributed by atoms with van der Waals surface area (Å²) in [5.41, 5.74) is 0.508. The molecule has 0 aliphatic heterocycles. The number of rotatable bonds is 16. The summed E-state index contributed by atoms with van der Waals surface area (Å²) in [7, 11) is 0. The minimum Gasteiger partial charge on any atom is -0.0654 e. The van der Waals surface area contributed by atoms with Gasteiger partial charge >= 0.3 is 0 Å². The number of unbranched alkanes of at least 4 members (excludes halogenated alkanes) is 11. The molecular formula is C23H48.